The fourth-order valence-electron chi connectivity index (χ4n) is 1.83. The lowest BCUT2D eigenvalue weighted by Gasteiger charge is -2.20. The van der Waals surface area contributed by atoms with Crippen molar-refractivity contribution in [3.63, 3.8) is 0 Å². The molecule has 0 saturated carbocycles. The van der Waals surface area contributed by atoms with Crippen molar-refractivity contribution in [3.05, 3.63) is 23.4 Å². The number of pyridine rings is 1. The lowest BCUT2D eigenvalue weighted by molar-refractivity contribution is 0.0767. The highest BCUT2D eigenvalue weighted by Gasteiger charge is 2.15. The zero-order valence-electron chi connectivity index (χ0n) is 11.7. The number of carbonyl (C=O) groups is 1. The second-order valence-corrected chi connectivity index (χ2v) is 4.21. The van der Waals surface area contributed by atoms with Crippen molar-refractivity contribution < 1.29 is 4.79 Å². The molecule has 1 heterocycles. The van der Waals surface area contributed by atoms with Crippen LogP contribution in [0.4, 0.5) is 5.82 Å². The Hall–Kier alpha value is -2.09. The van der Waals surface area contributed by atoms with Gasteiger partial charge in [0.1, 0.15) is 5.82 Å². The first-order valence-electron chi connectivity index (χ1n) is 6.51. The van der Waals surface area contributed by atoms with Gasteiger partial charge in [-0.05, 0) is 32.9 Å². The molecule has 0 aromatic carbocycles. The van der Waals surface area contributed by atoms with Gasteiger partial charge in [0, 0.05) is 30.9 Å². The molecular weight excluding hydrogens is 240 g/mol. The SMILES string of the molecule is CCNc1cc(C(=O)N(CC)CCC#N)cc(C)n1. The second kappa shape index (κ2) is 7.37. The fraction of sp³-hybridized carbons (Fsp3) is 0.500. The van der Waals surface area contributed by atoms with Crippen molar-refractivity contribution in [1.29, 1.82) is 5.26 Å². The molecule has 5 nitrogen and oxygen atoms in total. The molecule has 0 bridgehead atoms. The molecule has 19 heavy (non-hydrogen) atoms. The van der Waals surface area contributed by atoms with E-state index in [0.29, 0.717) is 30.9 Å². The summed E-state index contributed by atoms with van der Waals surface area (Å²) in [6.07, 6.45) is 0.351. The van der Waals surface area contributed by atoms with Gasteiger partial charge in [-0.1, -0.05) is 0 Å². The highest BCUT2D eigenvalue weighted by molar-refractivity contribution is 5.95. The zero-order chi connectivity index (χ0) is 14.3. The molecule has 0 aliphatic rings. The summed E-state index contributed by atoms with van der Waals surface area (Å²) in [6, 6.07) is 5.60. The number of nitriles is 1. The summed E-state index contributed by atoms with van der Waals surface area (Å²) in [5.41, 5.74) is 1.42. The van der Waals surface area contributed by atoms with Crippen LogP contribution < -0.4 is 5.32 Å². The van der Waals surface area contributed by atoms with Crippen LogP contribution >= 0.6 is 0 Å². The first kappa shape index (κ1) is 15.0. The van der Waals surface area contributed by atoms with Crippen molar-refractivity contribution in [2.24, 2.45) is 0 Å². The van der Waals surface area contributed by atoms with Gasteiger partial charge in [0.05, 0.1) is 12.5 Å². The minimum Gasteiger partial charge on any atom is -0.370 e. The molecule has 0 fully saturated rings. The third-order valence-electron chi connectivity index (χ3n) is 2.72. The van der Waals surface area contributed by atoms with Crippen molar-refractivity contribution in [2.45, 2.75) is 27.2 Å². The molecular formula is C14H20N4O. The Morgan fingerprint density at radius 1 is 1.47 bits per heavy atom. The van der Waals surface area contributed by atoms with Gasteiger partial charge in [-0.25, -0.2) is 4.98 Å². The van der Waals surface area contributed by atoms with Crippen LogP contribution in [0.15, 0.2) is 12.1 Å². The molecule has 1 N–H and O–H groups in total. The van der Waals surface area contributed by atoms with E-state index < -0.39 is 0 Å². The number of amides is 1. The van der Waals surface area contributed by atoms with Gasteiger partial charge in [0.2, 0.25) is 0 Å². The number of rotatable bonds is 6. The Bertz CT molecular complexity index is 479. The van der Waals surface area contributed by atoms with Crippen LogP contribution in [0.5, 0.6) is 0 Å². The normalized spacial score (nSPS) is 9.79. The molecule has 0 unspecified atom stereocenters. The summed E-state index contributed by atoms with van der Waals surface area (Å²) < 4.78 is 0. The summed E-state index contributed by atoms with van der Waals surface area (Å²) >= 11 is 0. The van der Waals surface area contributed by atoms with Crippen LogP contribution in [-0.2, 0) is 0 Å². The fourth-order valence-corrected chi connectivity index (χ4v) is 1.83. The number of nitrogens with zero attached hydrogens (tertiary/aromatic N) is 3. The highest BCUT2D eigenvalue weighted by atomic mass is 16.2. The van der Waals surface area contributed by atoms with Crippen LogP contribution in [0.1, 0.15) is 36.3 Å². The summed E-state index contributed by atoms with van der Waals surface area (Å²) in [7, 11) is 0. The third-order valence-corrected chi connectivity index (χ3v) is 2.72. The number of hydrogen-bond acceptors (Lipinski definition) is 4. The van der Waals surface area contributed by atoms with E-state index >= 15 is 0 Å². The average molecular weight is 260 g/mol. The molecule has 0 radical (unpaired) electrons. The molecule has 1 aromatic heterocycles. The molecule has 0 spiro atoms. The molecule has 102 valence electrons. The van der Waals surface area contributed by atoms with E-state index in [-0.39, 0.29) is 5.91 Å². The van der Waals surface area contributed by atoms with Crippen LogP contribution in [-0.4, -0.2) is 35.4 Å². The van der Waals surface area contributed by atoms with Crippen molar-refractivity contribution in [2.75, 3.05) is 25.0 Å². The van der Waals surface area contributed by atoms with Gasteiger partial charge in [-0.3, -0.25) is 4.79 Å². The number of carbonyl (C=O) groups excluding carboxylic acids is 1. The summed E-state index contributed by atoms with van der Waals surface area (Å²) in [6.45, 7) is 7.58. The van der Waals surface area contributed by atoms with E-state index in [9.17, 15) is 4.79 Å². The lowest BCUT2D eigenvalue weighted by atomic mass is 10.2. The molecule has 0 atom stereocenters. The van der Waals surface area contributed by atoms with E-state index in [1.165, 1.54) is 0 Å². The van der Waals surface area contributed by atoms with Gasteiger partial charge >= 0.3 is 0 Å². The maximum atomic E-state index is 12.4. The summed E-state index contributed by atoms with van der Waals surface area (Å²) in [4.78, 5) is 18.3. The highest BCUT2D eigenvalue weighted by Crippen LogP contribution is 2.12. The van der Waals surface area contributed by atoms with E-state index in [0.717, 1.165) is 12.2 Å². The van der Waals surface area contributed by atoms with Gasteiger partial charge in [-0.15, -0.1) is 0 Å². The minimum absolute atomic E-state index is 0.0533. The molecule has 1 rings (SSSR count). The molecule has 0 aliphatic carbocycles. The topological polar surface area (TPSA) is 69.0 Å². The predicted molar refractivity (Wildman–Crippen MR) is 74.9 cm³/mol. The van der Waals surface area contributed by atoms with Gasteiger partial charge < -0.3 is 10.2 Å². The quantitative estimate of drug-likeness (QED) is 0.851. The maximum Gasteiger partial charge on any atom is 0.254 e. The van der Waals surface area contributed by atoms with E-state index in [1.807, 2.05) is 20.8 Å². The number of anilines is 1. The predicted octanol–water partition coefficient (Wildman–Crippen LogP) is 2.20. The number of nitrogens with one attached hydrogen (secondary N) is 1. The number of aryl methyl sites for hydroxylation is 1. The second-order valence-electron chi connectivity index (χ2n) is 4.21. The smallest absolute Gasteiger partial charge is 0.254 e. The summed E-state index contributed by atoms with van der Waals surface area (Å²) in [5.74, 6) is 0.657. The summed E-state index contributed by atoms with van der Waals surface area (Å²) in [5, 5.41) is 11.7. The largest absolute Gasteiger partial charge is 0.370 e. The van der Waals surface area contributed by atoms with Crippen LogP contribution in [0.3, 0.4) is 0 Å². The Balaban J connectivity index is 2.94. The first-order valence-corrected chi connectivity index (χ1v) is 6.51. The monoisotopic (exact) mass is 260 g/mol. The Morgan fingerprint density at radius 2 is 2.21 bits per heavy atom. The minimum atomic E-state index is -0.0533. The van der Waals surface area contributed by atoms with Crippen LogP contribution in [0.25, 0.3) is 0 Å². The van der Waals surface area contributed by atoms with Gasteiger partial charge in [0.15, 0.2) is 0 Å². The van der Waals surface area contributed by atoms with E-state index in [4.69, 9.17) is 5.26 Å². The molecule has 0 saturated heterocycles. The number of hydrogen-bond donors (Lipinski definition) is 1. The van der Waals surface area contributed by atoms with E-state index in [1.54, 1.807) is 17.0 Å². The molecule has 0 aliphatic heterocycles. The van der Waals surface area contributed by atoms with Crippen molar-refractivity contribution in [1.82, 2.24) is 9.88 Å². The molecule has 5 heteroatoms. The standard InChI is InChI=1S/C14H20N4O/c1-4-16-13-10-12(9-11(3)17-13)14(19)18(5-2)8-6-7-15/h9-10H,4-6,8H2,1-3H3,(H,16,17). The van der Waals surface area contributed by atoms with Gasteiger partial charge in [0.25, 0.3) is 5.91 Å². The maximum absolute atomic E-state index is 12.4. The first-order chi connectivity index (χ1) is 9.12. The molecule has 1 amide bonds. The van der Waals surface area contributed by atoms with Crippen LogP contribution in [0, 0.1) is 18.3 Å². The van der Waals surface area contributed by atoms with Crippen molar-refractivity contribution >= 4 is 11.7 Å². The van der Waals surface area contributed by atoms with Gasteiger partial charge in [-0.2, -0.15) is 5.26 Å². The van der Waals surface area contributed by atoms with Crippen molar-refractivity contribution in [3.8, 4) is 6.07 Å². The average Bonchev–Trinajstić information content (AvgIpc) is 2.39. The van der Waals surface area contributed by atoms with E-state index in [2.05, 4.69) is 16.4 Å². The zero-order valence-corrected chi connectivity index (χ0v) is 11.7. The third kappa shape index (κ3) is 4.25. The Kier molecular flexibility index (Phi) is 5.80. The Labute approximate surface area is 114 Å². The molecule has 1 aromatic rings. The lowest BCUT2D eigenvalue weighted by Crippen LogP contribution is -2.31. The number of aromatic nitrogens is 1. The van der Waals surface area contributed by atoms with Crippen LogP contribution in [0.2, 0.25) is 0 Å². The Morgan fingerprint density at radius 3 is 2.79 bits per heavy atom.